The Hall–Kier alpha value is -1.42. The number of amides is 1. The summed E-state index contributed by atoms with van der Waals surface area (Å²) in [5.74, 6) is 0.836. The minimum atomic E-state index is 0.320. The Morgan fingerprint density at radius 3 is 2.92 bits per heavy atom. The van der Waals surface area contributed by atoms with E-state index >= 15 is 0 Å². The fourth-order valence-electron chi connectivity index (χ4n) is 3.71. The second kappa shape index (κ2) is 11.2. The normalized spacial score (nSPS) is 19.2. The van der Waals surface area contributed by atoms with Gasteiger partial charge in [0, 0.05) is 18.7 Å². The summed E-state index contributed by atoms with van der Waals surface area (Å²) >= 11 is 0. The molecule has 1 aromatic rings. The third kappa shape index (κ3) is 6.77. The minimum Gasteiger partial charge on any atom is -0.334 e. The van der Waals surface area contributed by atoms with E-state index in [0.717, 1.165) is 44.5 Å². The Morgan fingerprint density at radius 1 is 1.32 bits per heavy atom. The molecule has 2 unspecified atom stereocenters. The van der Waals surface area contributed by atoms with E-state index in [1.807, 2.05) is 24.4 Å². The van der Waals surface area contributed by atoms with Crippen LogP contribution < -0.4 is 5.32 Å². The van der Waals surface area contributed by atoms with Crippen LogP contribution in [0, 0.1) is 5.92 Å². The molecule has 1 amide bonds. The average molecular weight is 346 g/mol. The van der Waals surface area contributed by atoms with Crippen molar-refractivity contribution >= 4 is 5.91 Å². The van der Waals surface area contributed by atoms with Crippen LogP contribution in [0.5, 0.6) is 0 Å². The number of pyridine rings is 1. The minimum absolute atomic E-state index is 0.320. The summed E-state index contributed by atoms with van der Waals surface area (Å²) in [5, 5.41) is 3.46. The first-order valence-electron chi connectivity index (χ1n) is 10.1. The highest BCUT2D eigenvalue weighted by Crippen LogP contribution is 2.22. The number of nitrogens with one attached hydrogen (secondary N) is 1. The fraction of sp³-hybridized carbons (Fsp3) is 0.714. The molecule has 0 bridgehead atoms. The van der Waals surface area contributed by atoms with Crippen molar-refractivity contribution in [1.29, 1.82) is 0 Å². The van der Waals surface area contributed by atoms with Crippen molar-refractivity contribution < 1.29 is 4.79 Å². The molecule has 0 spiro atoms. The highest BCUT2D eigenvalue weighted by Gasteiger charge is 2.26. The van der Waals surface area contributed by atoms with Crippen LogP contribution in [-0.2, 0) is 11.3 Å². The summed E-state index contributed by atoms with van der Waals surface area (Å²) in [6.45, 7) is 7.15. The Balaban J connectivity index is 2.07. The van der Waals surface area contributed by atoms with Gasteiger partial charge in [-0.25, -0.2) is 0 Å². The van der Waals surface area contributed by atoms with Gasteiger partial charge in [-0.15, -0.1) is 0 Å². The highest BCUT2D eigenvalue weighted by molar-refractivity contribution is 5.76. The second-order valence-electron chi connectivity index (χ2n) is 7.30. The molecule has 25 heavy (non-hydrogen) atoms. The van der Waals surface area contributed by atoms with E-state index in [0.29, 0.717) is 30.8 Å². The summed E-state index contributed by atoms with van der Waals surface area (Å²) in [4.78, 5) is 19.8. The van der Waals surface area contributed by atoms with Crippen LogP contribution in [0.25, 0.3) is 0 Å². The SMILES string of the molecule is CCCCC(CC)CC(=O)N(Cc1ccccn1)C1CCCNCC1. The predicted octanol–water partition coefficient (Wildman–Crippen LogP) is 4.16. The monoisotopic (exact) mass is 345 g/mol. The molecule has 2 atom stereocenters. The number of hydrogen-bond donors (Lipinski definition) is 1. The number of hydrogen-bond acceptors (Lipinski definition) is 3. The lowest BCUT2D eigenvalue weighted by Crippen LogP contribution is -2.41. The fourth-order valence-corrected chi connectivity index (χ4v) is 3.71. The molecule has 2 heterocycles. The molecule has 1 saturated heterocycles. The van der Waals surface area contributed by atoms with E-state index in [2.05, 4.69) is 29.0 Å². The van der Waals surface area contributed by atoms with Crippen LogP contribution in [0.15, 0.2) is 24.4 Å². The maximum absolute atomic E-state index is 13.2. The van der Waals surface area contributed by atoms with Gasteiger partial charge in [0.15, 0.2) is 0 Å². The number of carbonyl (C=O) groups is 1. The number of rotatable bonds is 9. The van der Waals surface area contributed by atoms with E-state index in [1.54, 1.807) is 0 Å². The lowest BCUT2D eigenvalue weighted by molar-refractivity contribution is -0.135. The number of unbranched alkanes of at least 4 members (excludes halogenated alkanes) is 1. The average Bonchev–Trinajstić information content (AvgIpc) is 2.93. The van der Waals surface area contributed by atoms with Crippen LogP contribution in [0.2, 0.25) is 0 Å². The topological polar surface area (TPSA) is 45.2 Å². The van der Waals surface area contributed by atoms with Crippen LogP contribution >= 0.6 is 0 Å². The molecular weight excluding hydrogens is 310 g/mol. The Kier molecular flexibility index (Phi) is 8.95. The van der Waals surface area contributed by atoms with Gasteiger partial charge in [-0.2, -0.15) is 0 Å². The van der Waals surface area contributed by atoms with Crippen molar-refractivity contribution in [2.75, 3.05) is 13.1 Å². The van der Waals surface area contributed by atoms with E-state index in [1.165, 1.54) is 19.3 Å². The third-order valence-corrected chi connectivity index (χ3v) is 5.37. The van der Waals surface area contributed by atoms with Gasteiger partial charge in [0.25, 0.3) is 0 Å². The lowest BCUT2D eigenvalue weighted by Gasteiger charge is -2.32. The third-order valence-electron chi connectivity index (χ3n) is 5.37. The molecule has 1 aromatic heterocycles. The van der Waals surface area contributed by atoms with Gasteiger partial charge < -0.3 is 10.2 Å². The zero-order valence-corrected chi connectivity index (χ0v) is 16.0. The Bertz CT molecular complexity index is 483. The molecule has 0 radical (unpaired) electrons. The van der Waals surface area contributed by atoms with Gasteiger partial charge in [-0.05, 0) is 56.8 Å². The van der Waals surface area contributed by atoms with Crippen molar-refractivity contribution in [3.63, 3.8) is 0 Å². The Labute approximate surface area is 153 Å². The van der Waals surface area contributed by atoms with Gasteiger partial charge in [-0.1, -0.05) is 39.2 Å². The molecule has 4 heteroatoms. The van der Waals surface area contributed by atoms with Crippen LogP contribution in [0.4, 0.5) is 0 Å². The number of carbonyl (C=O) groups excluding carboxylic acids is 1. The maximum atomic E-state index is 13.2. The van der Waals surface area contributed by atoms with E-state index in [9.17, 15) is 4.79 Å². The molecule has 2 rings (SSSR count). The van der Waals surface area contributed by atoms with Crippen LogP contribution in [0.1, 0.15) is 70.9 Å². The largest absolute Gasteiger partial charge is 0.334 e. The van der Waals surface area contributed by atoms with Gasteiger partial charge in [0.1, 0.15) is 0 Å². The zero-order valence-electron chi connectivity index (χ0n) is 16.0. The predicted molar refractivity (Wildman–Crippen MR) is 103 cm³/mol. The second-order valence-corrected chi connectivity index (χ2v) is 7.30. The first kappa shape index (κ1) is 19.9. The van der Waals surface area contributed by atoms with Gasteiger partial charge in [-0.3, -0.25) is 9.78 Å². The molecule has 1 aliphatic heterocycles. The van der Waals surface area contributed by atoms with Gasteiger partial charge in [0.2, 0.25) is 5.91 Å². The molecule has 1 fully saturated rings. The number of nitrogens with zero attached hydrogens (tertiary/aromatic N) is 2. The highest BCUT2D eigenvalue weighted by atomic mass is 16.2. The first-order valence-corrected chi connectivity index (χ1v) is 10.1. The first-order chi connectivity index (χ1) is 12.2. The summed E-state index contributed by atoms with van der Waals surface area (Å²) in [6, 6.07) is 6.32. The standard InChI is InChI=1S/C21H35N3O/c1-3-5-9-18(4-2)16-21(25)24(17-19-10-6-7-14-23-19)20-11-8-13-22-15-12-20/h6-7,10,14,18,20,22H,3-5,8-9,11-13,15-17H2,1-2H3. The van der Waals surface area contributed by atoms with Crippen molar-refractivity contribution in [2.24, 2.45) is 5.92 Å². The van der Waals surface area contributed by atoms with E-state index in [-0.39, 0.29) is 0 Å². The summed E-state index contributed by atoms with van der Waals surface area (Å²) in [5.41, 5.74) is 0.995. The van der Waals surface area contributed by atoms with Crippen molar-refractivity contribution in [2.45, 2.75) is 77.8 Å². The van der Waals surface area contributed by atoms with Gasteiger partial charge in [0.05, 0.1) is 12.2 Å². The van der Waals surface area contributed by atoms with Crippen LogP contribution in [0.3, 0.4) is 0 Å². The van der Waals surface area contributed by atoms with Crippen molar-refractivity contribution in [3.8, 4) is 0 Å². The number of aromatic nitrogens is 1. The van der Waals surface area contributed by atoms with Crippen LogP contribution in [-0.4, -0.2) is 34.9 Å². The molecule has 0 aromatic carbocycles. The quantitative estimate of drug-likeness (QED) is 0.731. The molecule has 140 valence electrons. The van der Waals surface area contributed by atoms with E-state index in [4.69, 9.17) is 0 Å². The Morgan fingerprint density at radius 2 is 2.20 bits per heavy atom. The van der Waals surface area contributed by atoms with Gasteiger partial charge >= 0.3 is 0 Å². The van der Waals surface area contributed by atoms with E-state index < -0.39 is 0 Å². The summed E-state index contributed by atoms with van der Waals surface area (Å²) in [7, 11) is 0. The van der Waals surface area contributed by atoms with Crippen molar-refractivity contribution in [1.82, 2.24) is 15.2 Å². The van der Waals surface area contributed by atoms with Crippen molar-refractivity contribution in [3.05, 3.63) is 30.1 Å². The zero-order chi connectivity index (χ0) is 17.9. The maximum Gasteiger partial charge on any atom is 0.223 e. The smallest absolute Gasteiger partial charge is 0.223 e. The summed E-state index contributed by atoms with van der Waals surface area (Å²) < 4.78 is 0. The molecule has 0 aliphatic carbocycles. The molecule has 1 N–H and O–H groups in total. The molecule has 4 nitrogen and oxygen atoms in total. The molecular formula is C21H35N3O. The lowest BCUT2D eigenvalue weighted by atomic mass is 9.94. The molecule has 1 aliphatic rings. The molecule has 0 saturated carbocycles. The summed E-state index contributed by atoms with van der Waals surface area (Å²) in [6.07, 6.45) is 10.5.